The standard InChI is InChI=1S/C16H24N2/c1-12-5-7-13(8-6-12)14-9-15(17)11-18(10-14)16-3-2-4-16/h5-8,14-16H,2-4,9-11,17H2,1H3. The monoisotopic (exact) mass is 244 g/mol. The lowest BCUT2D eigenvalue weighted by Crippen LogP contribution is -2.52. The highest BCUT2D eigenvalue weighted by Crippen LogP contribution is 2.32. The van der Waals surface area contributed by atoms with E-state index in [0.717, 1.165) is 19.0 Å². The summed E-state index contributed by atoms with van der Waals surface area (Å²) in [7, 11) is 0. The van der Waals surface area contributed by atoms with Gasteiger partial charge in [0.15, 0.2) is 0 Å². The topological polar surface area (TPSA) is 29.3 Å². The lowest BCUT2D eigenvalue weighted by molar-refractivity contribution is 0.0848. The number of piperidine rings is 1. The summed E-state index contributed by atoms with van der Waals surface area (Å²) < 4.78 is 0. The molecule has 2 fully saturated rings. The van der Waals surface area contributed by atoms with Crippen molar-refractivity contribution in [3.63, 3.8) is 0 Å². The first kappa shape index (κ1) is 12.2. The van der Waals surface area contributed by atoms with Crippen LogP contribution in [-0.4, -0.2) is 30.1 Å². The second-order valence-corrected chi connectivity index (χ2v) is 6.14. The van der Waals surface area contributed by atoms with Gasteiger partial charge in [-0.15, -0.1) is 0 Å². The maximum Gasteiger partial charge on any atom is 0.0174 e. The molecule has 2 heteroatoms. The van der Waals surface area contributed by atoms with E-state index in [0.29, 0.717) is 12.0 Å². The summed E-state index contributed by atoms with van der Waals surface area (Å²) in [5.41, 5.74) is 9.07. The Labute approximate surface area is 110 Å². The first-order valence-electron chi connectivity index (χ1n) is 7.28. The van der Waals surface area contributed by atoms with E-state index < -0.39 is 0 Å². The van der Waals surface area contributed by atoms with Gasteiger partial charge in [0.1, 0.15) is 0 Å². The van der Waals surface area contributed by atoms with E-state index >= 15 is 0 Å². The zero-order valence-corrected chi connectivity index (χ0v) is 11.3. The Hall–Kier alpha value is -0.860. The number of rotatable bonds is 2. The van der Waals surface area contributed by atoms with E-state index in [9.17, 15) is 0 Å². The van der Waals surface area contributed by atoms with Crippen LogP contribution in [0, 0.1) is 6.92 Å². The number of likely N-dealkylation sites (tertiary alicyclic amines) is 1. The predicted molar refractivity (Wildman–Crippen MR) is 75.7 cm³/mol. The minimum absolute atomic E-state index is 0.352. The third kappa shape index (κ3) is 2.45. The quantitative estimate of drug-likeness (QED) is 0.866. The number of nitrogens with two attached hydrogens (primary N) is 1. The molecule has 2 atom stereocenters. The minimum atomic E-state index is 0.352. The molecule has 1 aliphatic carbocycles. The van der Waals surface area contributed by atoms with E-state index in [1.54, 1.807) is 0 Å². The molecule has 2 nitrogen and oxygen atoms in total. The molecule has 1 heterocycles. The molecule has 18 heavy (non-hydrogen) atoms. The first-order chi connectivity index (χ1) is 8.72. The Morgan fingerprint density at radius 1 is 1.11 bits per heavy atom. The van der Waals surface area contributed by atoms with Crippen LogP contribution in [0.15, 0.2) is 24.3 Å². The smallest absolute Gasteiger partial charge is 0.0174 e. The van der Waals surface area contributed by atoms with Gasteiger partial charge in [-0.25, -0.2) is 0 Å². The molecule has 98 valence electrons. The SMILES string of the molecule is Cc1ccc(C2CC(N)CN(C3CCC3)C2)cc1. The molecule has 1 saturated carbocycles. The van der Waals surface area contributed by atoms with Gasteiger partial charge in [0.2, 0.25) is 0 Å². The normalized spacial score (nSPS) is 30.1. The number of hydrogen-bond acceptors (Lipinski definition) is 2. The van der Waals surface area contributed by atoms with Crippen LogP contribution >= 0.6 is 0 Å². The lowest BCUT2D eigenvalue weighted by Gasteiger charge is -2.44. The zero-order chi connectivity index (χ0) is 12.5. The Bertz CT molecular complexity index is 394. The van der Waals surface area contributed by atoms with Crippen LogP contribution in [0.25, 0.3) is 0 Å². The molecule has 0 bridgehead atoms. The zero-order valence-electron chi connectivity index (χ0n) is 11.3. The molecule has 1 aliphatic heterocycles. The second-order valence-electron chi connectivity index (χ2n) is 6.14. The second kappa shape index (κ2) is 5.02. The summed E-state index contributed by atoms with van der Waals surface area (Å²) >= 11 is 0. The first-order valence-corrected chi connectivity index (χ1v) is 7.28. The van der Waals surface area contributed by atoms with Gasteiger partial charge in [-0.3, -0.25) is 4.90 Å². The molecule has 1 aromatic rings. The number of nitrogens with zero attached hydrogens (tertiary/aromatic N) is 1. The number of hydrogen-bond donors (Lipinski definition) is 1. The van der Waals surface area contributed by atoms with Gasteiger partial charge in [0.05, 0.1) is 0 Å². The Morgan fingerprint density at radius 3 is 2.44 bits per heavy atom. The summed E-state index contributed by atoms with van der Waals surface area (Å²) in [6.07, 6.45) is 5.32. The molecule has 1 saturated heterocycles. The van der Waals surface area contributed by atoms with Crippen LogP contribution in [-0.2, 0) is 0 Å². The highest BCUT2D eigenvalue weighted by molar-refractivity contribution is 5.25. The average molecular weight is 244 g/mol. The van der Waals surface area contributed by atoms with Crippen LogP contribution in [0.5, 0.6) is 0 Å². The molecule has 0 aromatic heterocycles. The van der Waals surface area contributed by atoms with Crippen LogP contribution in [0.3, 0.4) is 0 Å². The van der Waals surface area contributed by atoms with Crippen molar-refractivity contribution in [2.45, 2.75) is 50.6 Å². The van der Waals surface area contributed by atoms with Gasteiger partial charge in [-0.1, -0.05) is 36.2 Å². The maximum atomic E-state index is 6.26. The van der Waals surface area contributed by atoms with Crippen molar-refractivity contribution in [2.75, 3.05) is 13.1 Å². The van der Waals surface area contributed by atoms with Crippen molar-refractivity contribution in [3.05, 3.63) is 35.4 Å². The molecule has 2 aliphatic rings. The molecule has 1 aromatic carbocycles. The van der Waals surface area contributed by atoms with Gasteiger partial charge in [0, 0.05) is 25.2 Å². The lowest BCUT2D eigenvalue weighted by atomic mass is 9.84. The third-order valence-electron chi connectivity index (χ3n) is 4.65. The Kier molecular flexibility index (Phi) is 3.40. The van der Waals surface area contributed by atoms with Crippen molar-refractivity contribution in [2.24, 2.45) is 5.73 Å². The van der Waals surface area contributed by atoms with Crippen molar-refractivity contribution < 1.29 is 0 Å². The fourth-order valence-corrected chi connectivity index (χ4v) is 3.30. The van der Waals surface area contributed by atoms with E-state index in [-0.39, 0.29) is 0 Å². The van der Waals surface area contributed by atoms with Gasteiger partial charge in [-0.05, 0) is 37.7 Å². The van der Waals surface area contributed by atoms with Crippen LogP contribution in [0.1, 0.15) is 42.7 Å². The predicted octanol–water partition coefficient (Wildman–Crippen LogP) is 2.66. The Morgan fingerprint density at radius 2 is 1.83 bits per heavy atom. The van der Waals surface area contributed by atoms with Gasteiger partial charge < -0.3 is 5.73 Å². The molecular formula is C16H24N2. The average Bonchev–Trinajstić information content (AvgIpc) is 2.26. The minimum Gasteiger partial charge on any atom is -0.327 e. The molecule has 0 amide bonds. The molecule has 2 N–H and O–H groups in total. The van der Waals surface area contributed by atoms with Crippen molar-refractivity contribution in [3.8, 4) is 0 Å². The number of aryl methyl sites for hydroxylation is 1. The molecule has 3 rings (SSSR count). The van der Waals surface area contributed by atoms with Gasteiger partial charge in [0.25, 0.3) is 0 Å². The molecular weight excluding hydrogens is 220 g/mol. The fourth-order valence-electron chi connectivity index (χ4n) is 3.30. The van der Waals surface area contributed by atoms with E-state index in [1.165, 1.54) is 36.9 Å². The maximum absolute atomic E-state index is 6.26. The van der Waals surface area contributed by atoms with Crippen molar-refractivity contribution in [1.29, 1.82) is 0 Å². The van der Waals surface area contributed by atoms with Gasteiger partial charge in [-0.2, -0.15) is 0 Å². The summed E-state index contributed by atoms with van der Waals surface area (Å²) in [6.45, 7) is 4.46. The summed E-state index contributed by atoms with van der Waals surface area (Å²) in [5.74, 6) is 0.634. The van der Waals surface area contributed by atoms with Crippen LogP contribution in [0.2, 0.25) is 0 Å². The highest BCUT2D eigenvalue weighted by Gasteiger charge is 2.32. The van der Waals surface area contributed by atoms with Crippen molar-refractivity contribution in [1.82, 2.24) is 4.90 Å². The van der Waals surface area contributed by atoms with E-state index in [2.05, 4.69) is 36.1 Å². The molecule has 0 radical (unpaired) electrons. The summed E-state index contributed by atoms with van der Waals surface area (Å²) in [5, 5.41) is 0. The number of benzene rings is 1. The van der Waals surface area contributed by atoms with Crippen LogP contribution in [0.4, 0.5) is 0 Å². The third-order valence-corrected chi connectivity index (χ3v) is 4.65. The molecule has 2 unspecified atom stereocenters. The van der Waals surface area contributed by atoms with E-state index in [4.69, 9.17) is 5.73 Å². The fraction of sp³-hybridized carbons (Fsp3) is 0.625. The Balaban J connectivity index is 1.72. The van der Waals surface area contributed by atoms with E-state index in [1.807, 2.05) is 0 Å². The molecule has 0 spiro atoms. The summed E-state index contributed by atoms with van der Waals surface area (Å²) in [4.78, 5) is 2.64. The largest absolute Gasteiger partial charge is 0.327 e. The van der Waals surface area contributed by atoms with Crippen molar-refractivity contribution >= 4 is 0 Å². The van der Waals surface area contributed by atoms with Gasteiger partial charge >= 0.3 is 0 Å². The van der Waals surface area contributed by atoms with Crippen LogP contribution < -0.4 is 5.73 Å². The summed E-state index contributed by atoms with van der Waals surface area (Å²) in [6, 6.07) is 10.2. The highest BCUT2D eigenvalue weighted by atomic mass is 15.2.